The third-order valence-corrected chi connectivity index (χ3v) is 8.73. The fraction of sp³-hybridized carbons (Fsp3) is 0.500. The van der Waals surface area contributed by atoms with E-state index in [0.29, 0.717) is 5.75 Å². The Bertz CT molecular complexity index is 352. The van der Waals surface area contributed by atoms with Gasteiger partial charge in [0, 0.05) is 5.56 Å². The van der Waals surface area contributed by atoms with Crippen LogP contribution >= 0.6 is 23.3 Å². The zero-order chi connectivity index (χ0) is 12.7. The smallest absolute Gasteiger partial charge is 0.171 e. The van der Waals surface area contributed by atoms with Gasteiger partial charge in [-0.2, -0.15) is 8.46 Å². The number of benzene rings is 1. The molecule has 1 aromatic carbocycles. The largest absolute Gasteiger partial charge is 0.293 e. The zero-order valence-electron chi connectivity index (χ0n) is 10.6. The highest BCUT2D eigenvalue weighted by Crippen LogP contribution is 2.56. The molecule has 1 nitrogen and oxygen atoms in total. The second-order valence-electron chi connectivity index (χ2n) is 4.22. The number of ketones is 1. The molecule has 0 bridgehead atoms. The van der Waals surface area contributed by atoms with E-state index in [1.165, 1.54) is 12.8 Å². The Labute approximate surface area is 114 Å². The number of rotatable bonds is 7. The highest BCUT2D eigenvalue weighted by Gasteiger charge is 2.22. The van der Waals surface area contributed by atoms with Crippen LogP contribution in [0.15, 0.2) is 30.3 Å². The van der Waals surface area contributed by atoms with Crippen LogP contribution < -0.4 is 0 Å². The third-order valence-electron chi connectivity index (χ3n) is 2.87. The lowest BCUT2D eigenvalue weighted by molar-refractivity contribution is 0.102. The van der Waals surface area contributed by atoms with Gasteiger partial charge in [-0.05, 0) is 32.7 Å². The fourth-order valence-corrected chi connectivity index (χ4v) is 5.05. The van der Waals surface area contributed by atoms with Crippen molar-refractivity contribution in [1.82, 2.24) is 0 Å². The van der Waals surface area contributed by atoms with Gasteiger partial charge < -0.3 is 0 Å². The van der Waals surface area contributed by atoms with Gasteiger partial charge in [0.25, 0.3) is 0 Å². The minimum Gasteiger partial charge on any atom is -0.293 e. The minimum atomic E-state index is -0.924. The monoisotopic (exact) mass is 316 g/mol. The van der Waals surface area contributed by atoms with Crippen molar-refractivity contribution in [2.75, 3.05) is 17.3 Å². The minimum absolute atomic E-state index is 0.274. The lowest BCUT2D eigenvalue weighted by atomic mass is 10.2. The molecule has 0 radical (unpaired) electrons. The predicted octanol–water partition coefficient (Wildman–Crippen LogP) is 4.80. The molecule has 1 aromatic rings. The van der Waals surface area contributed by atoms with Crippen LogP contribution in [0.4, 0.5) is 0 Å². The van der Waals surface area contributed by atoms with Crippen LogP contribution in [0.1, 0.15) is 37.0 Å². The number of carbonyl (C=O) groups excluding carboxylic acids is 1. The summed E-state index contributed by atoms with van der Waals surface area (Å²) in [5, 5.41) is 0. The highest BCUT2D eigenvalue weighted by molar-refractivity contribution is 9.58. The van der Waals surface area contributed by atoms with Crippen molar-refractivity contribution in [3.05, 3.63) is 35.9 Å². The van der Waals surface area contributed by atoms with E-state index in [-0.39, 0.29) is 5.78 Å². The normalized spacial score (nSPS) is 16.2. The van der Waals surface area contributed by atoms with Crippen LogP contribution in [0.3, 0.4) is 0 Å². The molecule has 17 heavy (non-hydrogen) atoms. The number of unbranched alkanes of at least 4 members (excludes halogenated alkanes) is 1. The lowest BCUT2D eigenvalue weighted by Crippen LogP contribution is -2.14. The lowest BCUT2D eigenvalue weighted by Gasteiger charge is -2.31. The van der Waals surface area contributed by atoms with E-state index in [0.717, 1.165) is 17.1 Å². The molecule has 0 aliphatic carbocycles. The Morgan fingerprint density at radius 2 is 1.88 bits per heavy atom. The number of carbonyl (C=O) groups is 1. The van der Waals surface area contributed by atoms with Gasteiger partial charge in [-0.25, -0.2) is 0 Å². The Morgan fingerprint density at radius 3 is 2.41 bits per heavy atom. The van der Waals surface area contributed by atoms with Gasteiger partial charge in [-0.1, -0.05) is 50.6 Å². The van der Waals surface area contributed by atoms with Gasteiger partial charge in [0.05, 0.1) is 5.75 Å². The van der Waals surface area contributed by atoms with E-state index in [1.807, 2.05) is 30.3 Å². The number of hydrogen-bond donors (Lipinski definition) is 0. The van der Waals surface area contributed by atoms with Gasteiger partial charge in [0.15, 0.2) is 5.78 Å². The first-order valence-electron chi connectivity index (χ1n) is 6.15. The van der Waals surface area contributed by atoms with E-state index in [9.17, 15) is 4.79 Å². The Morgan fingerprint density at radius 1 is 1.24 bits per heavy atom. The maximum Gasteiger partial charge on any atom is 0.171 e. The molecule has 0 N–H and O–H groups in total. The van der Waals surface area contributed by atoms with E-state index in [4.69, 9.17) is 0 Å². The Hall–Kier alpha value is -0.280. The molecule has 0 saturated carbocycles. The van der Waals surface area contributed by atoms with Crippen LogP contribution in [0, 0.1) is 0 Å². The standard InChI is InChI=1S/C14H21BrOS/c1-3-5-11-17(15,4-2)12-14(16)13-9-7-6-8-10-13/h6-10H,3-5,11-12H2,1-2H3. The molecular formula is C14H21BrOS. The van der Waals surface area contributed by atoms with Crippen LogP contribution in [0.5, 0.6) is 0 Å². The number of hydrogen-bond acceptors (Lipinski definition) is 1. The van der Waals surface area contributed by atoms with E-state index < -0.39 is 8.46 Å². The van der Waals surface area contributed by atoms with Crippen LogP contribution in [0.25, 0.3) is 0 Å². The van der Waals surface area contributed by atoms with Crippen molar-refractivity contribution < 1.29 is 4.79 Å². The summed E-state index contributed by atoms with van der Waals surface area (Å²) < 4.78 is 0. The number of Topliss-reactive ketones (excluding diaryl/α,β-unsaturated/α-hetero) is 1. The summed E-state index contributed by atoms with van der Waals surface area (Å²) in [6.45, 7) is 4.37. The molecule has 0 aliphatic rings. The summed E-state index contributed by atoms with van der Waals surface area (Å²) in [6, 6.07) is 9.62. The van der Waals surface area contributed by atoms with Gasteiger partial charge in [-0.3, -0.25) is 4.79 Å². The van der Waals surface area contributed by atoms with E-state index >= 15 is 0 Å². The molecule has 0 aliphatic heterocycles. The Kier molecular flexibility index (Phi) is 6.28. The van der Waals surface area contributed by atoms with Crippen molar-refractivity contribution in [3.63, 3.8) is 0 Å². The molecule has 0 spiro atoms. The first-order chi connectivity index (χ1) is 8.11. The molecule has 96 valence electrons. The summed E-state index contributed by atoms with van der Waals surface area (Å²) in [5.74, 6) is 3.17. The van der Waals surface area contributed by atoms with Crippen LogP contribution in [0.2, 0.25) is 0 Å². The molecule has 0 fully saturated rings. The summed E-state index contributed by atoms with van der Waals surface area (Å²) in [4.78, 5) is 12.2. The van der Waals surface area contributed by atoms with Crippen molar-refractivity contribution in [2.24, 2.45) is 0 Å². The van der Waals surface area contributed by atoms with Crippen molar-refractivity contribution in [1.29, 1.82) is 0 Å². The second kappa shape index (κ2) is 7.22. The average Bonchev–Trinajstić information content (AvgIpc) is 2.37. The van der Waals surface area contributed by atoms with Crippen molar-refractivity contribution in [2.45, 2.75) is 26.7 Å². The molecule has 1 rings (SSSR count). The van der Waals surface area contributed by atoms with Gasteiger partial charge in [0.2, 0.25) is 0 Å². The first kappa shape index (κ1) is 14.8. The summed E-state index contributed by atoms with van der Waals surface area (Å²) in [6.07, 6.45) is 2.40. The van der Waals surface area contributed by atoms with E-state index in [1.54, 1.807) is 0 Å². The SMILES string of the molecule is CCCCS(Br)(CC)CC(=O)c1ccccc1. The summed E-state index contributed by atoms with van der Waals surface area (Å²) in [5.41, 5.74) is 0.841. The van der Waals surface area contributed by atoms with E-state index in [2.05, 4.69) is 28.7 Å². The maximum absolute atomic E-state index is 12.2. The molecular weight excluding hydrogens is 296 g/mol. The molecule has 0 amide bonds. The van der Waals surface area contributed by atoms with Gasteiger partial charge in [0.1, 0.15) is 0 Å². The van der Waals surface area contributed by atoms with Crippen molar-refractivity contribution >= 4 is 29.1 Å². The topological polar surface area (TPSA) is 17.1 Å². The highest BCUT2D eigenvalue weighted by atomic mass is 79.9. The quantitative estimate of drug-likeness (QED) is 0.660. The third kappa shape index (κ3) is 4.84. The summed E-state index contributed by atoms with van der Waals surface area (Å²) >= 11 is 3.85. The Balaban J connectivity index is 2.65. The first-order valence-corrected chi connectivity index (χ1v) is 10.1. The molecule has 0 saturated heterocycles. The van der Waals surface area contributed by atoms with Gasteiger partial charge >= 0.3 is 0 Å². The van der Waals surface area contributed by atoms with Crippen LogP contribution in [-0.2, 0) is 0 Å². The zero-order valence-corrected chi connectivity index (χ0v) is 13.0. The molecule has 1 atom stereocenters. The predicted molar refractivity (Wildman–Crippen MR) is 82.5 cm³/mol. The molecule has 1 unspecified atom stereocenters. The molecule has 3 heteroatoms. The second-order valence-corrected chi connectivity index (χ2v) is 11.5. The summed E-state index contributed by atoms with van der Waals surface area (Å²) in [7, 11) is -0.924. The maximum atomic E-state index is 12.2. The average molecular weight is 317 g/mol. The molecule has 0 heterocycles. The van der Waals surface area contributed by atoms with Crippen LogP contribution in [-0.4, -0.2) is 23.0 Å². The van der Waals surface area contributed by atoms with Crippen molar-refractivity contribution in [3.8, 4) is 0 Å². The number of halogens is 1. The van der Waals surface area contributed by atoms with Gasteiger partial charge in [-0.15, -0.1) is 0 Å². The fourth-order valence-electron chi connectivity index (χ4n) is 1.66. The molecule has 0 aromatic heterocycles.